The average molecular weight is 586 g/mol. The van der Waals surface area contributed by atoms with Gasteiger partial charge in [0, 0.05) is 16.7 Å². The fraction of sp³-hybridized carbons (Fsp3) is 0.429. The highest BCUT2D eigenvalue weighted by molar-refractivity contribution is 5.96. The topological polar surface area (TPSA) is 115 Å². The van der Waals surface area contributed by atoms with Crippen molar-refractivity contribution in [3.05, 3.63) is 83.7 Å². The van der Waals surface area contributed by atoms with Gasteiger partial charge in [-0.05, 0) is 72.6 Å². The smallest absolute Gasteiger partial charge is 0.326 e. The number of nitrogens with one attached hydrogen (secondary N) is 1. The lowest BCUT2D eigenvalue weighted by atomic mass is 9.86. The van der Waals surface area contributed by atoms with Crippen molar-refractivity contribution >= 4 is 17.4 Å². The Morgan fingerprint density at radius 3 is 2.40 bits per heavy atom. The molecule has 1 amide bonds. The van der Waals surface area contributed by atoms with E-state index in [2.05, 4.69) is 43.2 Å². The molecule has 8 heteroatoms. The standard InChI is InChI=1S/C35H43N3O5/c1-5-6-7-8-9-22-42-29-20-16-27(17-21-29)33-37-31(38-43-33)25-12-10-24(11-13-25)23-30(34(40)41)36-32(39)26-14-18-28(19-15-26)35(2,3)4/h10,12-21,24,30H,5-9,11,22-23H2,1-4H3,(H,36,39)(H,40,41)/t24?,30-/m0/s1. The number of carbonyl (C=O) groups excluding carboxylic acids is 1. The Balaban J connectivity index is 1.28. The summed E-state index contributed by atoms with van der Waals surface area (Å²) in [5.41, 5.74) is 3.13. The van der Waals surface area contributed by atoms with Crippen LogP contribution in [0.5, 0.6) is 5.75 Å². The lowest BCUT2D eigenvalue weighted by Gasteiger charge is -2.21. The van der Waals surface area contributed by atoms with E-state index < -0.39 is 17.9 Å². The van der Waals surface area contributed by atoms with E-state index in [1.54, 1.807) is 12.1 Å². The van der Waals surface area contributed by atoms with Crippen molar-refractivity contribution in [3.8, 4) is 17.2 Å². The summed E-state index contributed by atoms with van der Waals surface area (Å²) < 4.78 is 11.4. The molecule has 0 bridgehead atoms. The molecule has 228 valence electrons. The van der Waals surface area contributed by atoms with Crippen molar-refractivity contribution in [3.63, 3.8) is 0 Å². The third kappa shape index (κ3) is 9.14. The summed E-state index contributed by atoms with van der Waals surface area (Å²) in [6, 6.07) is 13.9. The lowest BCUT2D eigenvalue weighted by Crippen LogP contribution is -2.42. The number of amides is 1. The Bertz CT molecular complexity index is 1410. The Kier molecular flexibility index (Phi) is 10.9. The zero-order valence-corrected chi connectivity index (χ0v) is 25.6. The Morgan fingerprint density at radius 1 is 1.05 bits per heavy atom. The van der Waals surface area contributed by atoms with E-state index in [9.17, 15) is 14.7 Å². The van der Waals surface area contributed by atoms with Gasteiger partial charge in [0.1, 0.15) is 11.8 Å². The molecule has 0 saturated carbocycles. The molecule has 8 nitrogen and oxygen atoms in total. The Morgan fingerprint density at radius 2 is 1.77 bits per heavy atom. The number of carbonyl (C=O) groups is 2. The van der Waals surface area contributed by atoms with Crippen molar-refractivity contribution in [2.75, 3.05) is 6.61 Å². The summed E-state index contributed by atoms with van der Waals surface area (Å²) in [6.07, 6.45) is 12.7. The molecule has 0 aliphatic heterocycles. The predicted molar refractivity (Wildman–Crippen MR) is 168 cm³/mol. The second-order valence-electron chi connectivity index (χ2n) is 12.2. The van der Waals surface area contributed by atoms with Crippen molar-refractivity contribution in [1.29, 1.82) is 0 Å². The van der Waals surface area contributed by atoms with Crippen LogP contribution >= 0.6 is 0 Å². The first-order valence-corrected chi connectivity index (χ1v) is 15.2. The van der Waals surface area contributed by atoms with Crippen LogP contribution in [0, 0.1) is 5.92 Å². The summed E-state index contributed by atoms with van der Waals surface area (Å²) >= 11 is 0. The molecule has 1 aromatic heterocycles. The first kappa shape index (κ1) is 31.7. The second kappa shape index (κ2) is 14.8. The van der Waals surface area contributed by atoms with Gasteiger partial charge in [0.15, 0.2) is 0 Å². The molecule has 1 aliphatic rings. The van der Waals surface area contributed by atoms with Crippen LogP contribution in [0.15, 0.2) is 71.3 Å². The molecule has 0 radical (unpaired) electrons. The van der Waals surface area contributed by atoms with Gasteiger partial charge < -0.3 is 19.7 Å². The van der Waals surface area contributed by atoms with Crippen molar-refractivity contribution in [1.82, 2.24) is 15.5 Å². The zero-order chi connectivity index (χ0) is 30.8. The molecule has 3 aromatic rings. The van der Waals surface area contributed by atoms with E-state index in [1.807, 2.05) is 54.6 Å². The Labute approximate surface area is 254 Å². The quantitative estimate of drug-likeness (QED) is 0.187. The number of benzene rings is 2. The van der Waals surface area contributed by atoms with E-state index >= 15 is 0 Å². The number of allylic oxidation sites excluding steroid dienone is 4. The first-order chi connectivity index (χ1) is 20.6. The van der Waals surface area contributed by atoms with Crippen LogP contribution in [0.3, 0.4) is 0 Å². The van der Waals surface area contributed by atoms with E-state index in [0.29, 0.717) is 30.3 Å². The highest BCUT2D eigenvalue weighted by atomic mass is 16.5. The van der Waals surface area contributed by atoms with Crippen LogP contribution in [0.1, 0.15) is 94.4 Å². The van der Waals surface area contributed by atoms with Crippen molar-refractivity contribution < 1.29 is 24.0 Å². The molecule has 0 fully saturated rings. The minimum absolute atomic E-state index is 0.0327. The monoisotopic (exact) mass is 585 g/mol. The van der Waals surface area contributed by atoms with Gasteiger partial charge in [0.2, 0.25) is 5.82 Å². The van der Waals surface area contributed by atoms with Crippen LogP contribution in [0.4, 0.5) is 0 Å². The minimum atomic E-state index is -1.06. The molecule has 43 heavy (non-hydrogen) atoms. The summed E-state index contributed by atoms with van der Waals surface area (Å²) in [7, 11) is 0. The summed E-state index contributed by atoms with van der Waals surface area (Å²) in [6.45, 7) is 9.22. The minimum Gasteiger partial charge on any atom is -0.494 e. The van der Waals surface area contributed by atoms with Gasteiger partial charge in [-0.2, -0.15) is 4.98 Å². The molecule has 1 aliphatic carbocycles. The maximum Gasteiger partial charge on any atom is 0.326 e. The van der Waals surface area contributed by atoms with Gasteiger partial charge in [0.05, 0.1) is 6.61 Å². The maximum absolute atomic E-state index is 12.8. The maximum atomic E-state index is 12.8. The van der Waals surface area contributed by atoms with Gasteiger partial charge in [0.25, 0.3) is 11.8 Å². The molecule has 0 saturated heterocycles. The van der Waals surface area contributed by atoms with E-state index in [0.717, 1.165) is 28.9 Å². The number of carboxylic acid groups (broad SMARTS) is 1. The SMILES string of the molecule is CCCCCCCOc1ccc(-c2nc(C3=CCC(C[C@H](NC(=O)c4ccc(C(C)(C)C)cc4)C(=O)O)C=C3)no2)cc1. The fourth-order valence-electron chi connectivity index (χ4n) is 4.94. The number of hydrogen-bond acceptors (Lipinski definition) is 6. The largest absolute Gasteiger partial charge is 0.494 e. The Hall–Kier alpha value is -4.20. The molecule has 2 atom stereocenters. The van der Waals surface area contributed by atoms with Crippen LogP contribution in [-0.2, 0) is 10.2 Å². The lowest BCUT2D eigenvalue weighted by molar-refractivity contribution is -0.139. The van der Waals surface area contributed by atoms with Crippen LogP contribution < -0.4 is 10.1 Å². The average Bonchev–Trinajstić information content (AvgIpc) is 3.49. The van der Waals surface area contributed by atoms with Crippen molar-refractivity contribution in [2.45, 2.75) is 84.1 Å². The van der Waals surface area contributed by atoms with Gasteiger partial charge in [-0.25, -0.2) is 4.79 Å². The molecule has 1 heterocycles. The summed E-state index contributed by atoms with van der Waals surface area (Å²) in [5.74, 6) is 0.191. The number of nitrogens with zero attached hydrogens (tertiary/aromatic N) is 2. The third-order valence-corrected chi connectivity index (χ3v) is 7.65. The normalized spacial score (nSPS) is 15.5. The highest BCUT2D eigenvalue weighted by Gasteiger charge is 2.25. The van der Waals surface area contributed by atoms with E-state index in [-0.39, 0.29) is 17.8 Å². The number of aliphatic carboxylic acids is 1. The van der Waals surface area contributed by atoms with Crippen LogP contribution in [0.2, 0.25) is 0 Å². The number of rotatable bonds is 14. The molecule has 2 aromatic carbocycles. The number of carboxylic acids is 1. The van der Waals surface area contributed by atoms with Crippen LogP contribution in [0.25, 0.3) is 17.0 Å². The summed E-state index contributed by atoms with van der Waals surface area (Å²) in [4.78, 5) is 29.3. The number of aromatic nitrogens is 2. The predicted octanol–water partition coefficient (Wildman–Crippen LogP) is 7.62. The fourth-order valence-corrected chi connectivity index (χ4v) is 4.94. The molecule has 2 N–H and O–H groups in total. The van der Waals surface area contributed by atoms with Crippen molar-refractivity contribution in [2.24, 2.45) is 5.92 Å². The second-order valence-corrected chi connectivity index (χ2v) is 12.2. The molecule has 0 spiro atoms. The van der Waals surface area contributed by atoms with Gasteiger partial charge in [-0.1, -0.05) is 88.9 Å². The van der Waals surface area contributed by atoms with E-state index in [1.165, 1.54) is 25.7 Å². The molecule has 1 unspecified atom stereocenters. The van der Waals surface area contributed by atoms with Crippen LogP contribution in [-0.4, -0.2) is 39.8 Å². The first-order valence-electron chi connectivity index (χ1n) is 15.2. The number of hydrogen-bond donors (Lipinski definition) is 2. The van der Waals surface area contributed by atoms with Gasteiger partial charge in [-0.3, -0.25) is 4.79 Å². The number of unbranched alkanes of at least 4 members (excludes halogenated alkanes) is 4. The summed E-state index contributed by atoms with van der Waals surface area (Å²) in [5, 5.41) is 16.6. The molecular formula is C35H43N3O5. The van der Waals surface area contributed by atoms with Gasteiger partial charge >= 0.3 is 5.97 Å². The number of ether oxygens (including phenoxy) is 1. The molecule has 4 rings (SSSR count). The zero-order valence-electron chi connectivity index (χ0n) is 25.6. The molecular weight excluding hydrogens is 542 g/mol. The van der Waals surface area contributed by atoms with Gasteiger partial charge in [-0.15, -0.1) is 0 Å². The van der Waals surface area contributed by atoms with E-state index in [4.69, 9.17) is 9.26 Å². The highest BCUT2D eigenvalue weighted by Crippen LogP contribution is 2.28. The third-order valence-electron chi connectivity index (χ3n) is 7.65.